The van der Waals surface area contributed by atoms with Gasteiger partial charge in [0.2, 0.25) is 10.0 Å². The van der Waals surface area contributed by atoms with Gasteiger partial charge in [-0.1, -0.05) is 0 Å². The number of fused-ring (bicyclic) bond motifs is 1. The Morgan fingerprint density at radius 3 is 2.83 bits per heavy atom. The number of thioether (sulfide) groups is 1. The smallest absolute Gasteiger partial charge is 0.324 e. The Balaban J connectivity index is 1.87. The topological polar surface area (TPSA) is 63.7 Å². The fraction of sp³-hybridized carbons (Fsp3) is 0.900. The predicted octanol–water partition coefficient (Wildman–Crippen LogP) is 0.426. The molecule has 3 fully saturated rings. The second-order valence-electron chi connectivity index (χ2n) is 4.98. The SMILES string of the molecule is CC(Cl)C(=O)OC1C2CC3C(S2)C1N(C)S3(=O)=O. The molecule has 0 spiro atoms. The van der Waals surface area contributed by atoms with Crippen molar-refractivity contribution in [2.24, 2.45) is 0 Å². The summed E-state index contributed by atoms with van der Waals surface area (Å²) in [5.41, 5.74) is 0. The third-order valence-corrected chi connectivity index (χ3v) is 8.36. The van der Waals surface area contributed by atoms with Gasteiger partial charge in [0.1, 0.15) is 11.5 Å². The quantitative estimate of drug-likeness (QED) is 0.546. The summed E-state index contributed by atoms with van der Waals surface area (Å²) in [7, 11) is -1.64. The second-order valence-corrected chi connectivity index (χ2v) is 9.27. The van der Waals surface area contributed by atoms with Crippen LogP contribution in [0.1, 0.15) is 13.3 Å². The van der Waals surface area contributed by atoms with E-state index in [2.05, 4.69) is 0 Å². The highest BCUT2D eigenvalue weighted by atomic mass is 35.5. The lowest BCUT2D eigenvalue weighted by Gasteiger charge is -2.27. The first-order valence-electron chi connectivity index (χ1n) is 5.81. The normalized spacial score (nSPS) is 46.3. The van der Waals surface area contributed by atoms with Crippen molar-refractivity contribution in [1.82, 2.24) is 4.31 Å². The maximum absolute atomic E-state index is 12.1. The summed E-state index contributed by atoms with van der Waals surface area (Å²) < 4.78 is 31.0. The van der Waals surface area contributed by atoms with Crippen molar-refractivity contribution in [1.29, 1.82) is 0 Å². The summed E-state index contributed by atoms with van der Waals surface area (Å²) in [5, 5.41) is -0.878. The van der Waals surface area contributed by atoms with Gasteiger partial charge < -0.3 is 4.74 Å². The van der Waals surface area contributed by atoms with Gasteiger partial charge in [-0.3, -0.25) is 4.79 Å². The summed E-state index contributed by atoms with van der Waals surface area (Å²) in [6.07, 6.45) is 0.222. The van der Waals surface area contributed by atoms with E-state index >= 15 is 0 Å². The van der Waals surface area contributed by atoms with Gasteiger partial charge in [0.05, 0.1) is 11.3 Å². The Labute approximate surface area is 115 Å². The molecule has 3 aliphatic rings. The van der Waals surface area contributed by atoms with Crippen LogP contribution in [0, 0.1) is 0 Å². The van der Waals surface area contributed by atoms with E-state index in [0.717, 1.165) is 0 Å². The highest BCUT2D eigenvalue weighted by Gasteiger charge is 2.67. The van der Waals surface area contributed by atoms with E-state index in [1.54, 1.807) is 25.7 Å². The van der Waals surface area contributed by atoms with Crippen LogP contribution < -0.4 is 0 Å². The number of likely N-dealkylation sites (N-methyl/N-ethyl adjacent to an activating group) is 1. The van der Waals surface area contributed by atoms with Crippen LogP contribution in [0.25, 0.3) is 0 Å². The van der Waals surface area contributed by atoms with Gasteiger partial charge in [-0.05, 0) is 13.3 Å². The summed E-state index contributed by atoms with van der Waals surface area (Å²) in [6, 6.07) is -0.219. The number of rotatable bonds is 2. The zero-order valence-corrected chi connectivity index (χ0v) is 12.3. The monoisotopic (exact) mass is 311 g/mol. The van der Waals surface area contributed by atoms with Crippen molar-refractivity contribution in [3.05, 3.63) is 0 Å². The number of carbonyl (C=O) groups excluding carboxylic acids is 1. The fourth-order valence-corrected chi connectivity index (χ4v) is 7.80. The van der Waals surface area contributed by atoms with Gasteiger partial charge in [-0.25, -0.2) is 8.42 Å². The van der Waals surface area contributed by atoms with Crippen LogP contribution in [0.3, 0.4) is 0 Å². The molecule has 3 aliphatic heterocycles. The molecule has 0 N–H and O–H groups in total. The predicted molar refractivity (Wildman–Crippen MR) is 69.2 cm³/mol. The third-order valence-electron chi connectivity index (χ3n) is 3.98. The summed E-state index contributed by atoms with van der Waals surface area (Å²) >= 11 is 7.33. The number of halogens is 1. The largest absolute Gasteiger partial charge is 0.458 e. The van der Waals surface area contributed by atoms with Crippen LogP contribution in [0.4, 0.5) is 0 Å². The van der Waals surface area contributed by atoms with Gasteiger partial charge in [-0.15, -0.1) is 23.4 Å². The first-order chi connectivity index (χ1) is 8.34. The molecule has 6 unspecified atom stereocenters. The number of esters is 1. The molecule has 3 heterocycles. The van der Waals surface area contributed by atoms with Crippen LogP contribution in [-0.4, -0.2) is 59.0 Å². The minimum absolute atomic E-state index is 0.0356. The molecule has 2 bridgehead atoms. The molecule has 0 radical (unpaired) electrons. The highest BCUT2D eigenvalue weighted by Crippen LogP contribution is 2.56. The molecule has 0 aromatic heterocycles. The zero-order chi connectivity index (χ0) is 13.2. The summed E-state index contributed by atoms with van der Waals surface area (Å²) in [5.74, 6) is -0.468. The fourth-order valence-electron chi connectivity index (χ4n) is 3.09. The Hall–Kier alpha value is 0.0200. The number of alkyl halides is 1. The molecule has 8 heteroatoms. The number of sulfonamides is 1. The molecule has 18 heavy (non-hydrogen) atoms. The molecule has 5 nitrogen and oxygen atoms in total. The maximum atomic E-state index is 12.1. The Morgan fingerprint density at radius 2 is 2.22 bits per heavy atom. The van der Waals surface area contributed by atoms with E-state index in [0.29, 0.717) is 6.42 Å². The van der Waals surface area contributed by atoms with Gasteiger partial charge in [0.25, 0.3) is 0 Å². The summed E-state index contributed by atoms with van der Waals surface area (Å²) in [6.45, 7) is 1.56. The van der Waals surface area contributed by atoms with Crippen LogP contribution in [0.15, 0.2) is 0 Å². The molecule has 0 saturated carbocycles. The van der Waals surface area contributed by atoms with E-state index in [1.165, 1.54) is 4.31 Å². The number of hydrogen-bond acceptors (Lipinski definition) is 5. The van der Waals surface area contributed by atoms with Crippen molar-refractivity contribution in [2.45, 2.75) is 46.6 Å². The van der Waals surface area contributed by atoms with Crippen LogP contribution >= 0.6 is 23.4 Å². The minimum atomic E-state index is -3.21. The van der Waals surface area contributed by atoms with Crippen molar-refractivity contribution in [3.8, 4) is 0 Å². The Kier molecular flexibility index (Phi) is 2.90. The molecule has 3 rings (SSSR count). The molecule has 102 valence electrons. The van der Waals surface area contributed by atoms with Crippen LogP contribution in [0.2, 0.25) is 0 Å². The average Bonchev–Trinajstić information content (AvgIpc) is 2.88. The second kappa shape index (κ2) is 4.01. The summed E-state index contributed by atoms with van der Waals surface area (Å²) in [4.78, 5) is 11.6. The third kappa shape index (κ3) is 1.57. The molecule has 0 amide bonds. The van der Waals surface area contributed by atoms with Crippen molar-refractivity contribution < 1.29 is 17.9 Å². The average molecular weight is 312 g/mol. The first-order valence-corrected chi connectivity index (χ1v) is 8.69. The van der Waals surface area contributed by atoms with E-state index in [4.69, 9.17) is 16.3 Å². The van der Waals surface area contributed by atoms with E-state index in [1.807, 2.05) is 0 Å². The number of nitrogens with zero attached hydrogens (tertiary/aromatic N) is 1. The first kappa shape index (κ1) is 13.0. The van der Waals surface area contributed by atoms with E-state index < -0.39 is 21.4 Å². The number of ether oxygens (including phenoxy) is 1. The maximum Gasteiger partial charge on any atom is 0.324 e. The lowest BCUT2D eigenvalue weighted by Crippen LogP contribution is -2.46. The van der Waals surface area contributed by atoms with E-state index in [9.17, 15) is 13.2 Å². The lowest BCUT2D eigenvalue weighted by molar-refractivity contribution is -0.150. The number of carbonyl (C=O) groups is 1. The van der Waals surface area contributed by atoms with Crippen molar-refractivity contribution in [3.63, 3.8) is 0 Å². The Bertz CT molecular complexity index is 494. The minimum Gasteiger partial charge on any atom is -0.458 e. The molecular weight excluding hydrogens is 298 g/mol. The molecule has 6 atom stereocenters. The Morgan fingerprint density at radius 1 is 1.56 bits per heavy atom. The molecule has 3 saturated heterocycles. The molecule has 0 aromatic carbocycles. The van der Waals surface area contributed by atoms with E-state index in [-0.39, 0.29) is 27.9 Å². The van der Waals surface area contributed by atoms with Gasteiger partial charge >= 0.3 is 5.97 Å². The standard InChI is InChI=1S/C10H14ClNO4S2/c1-4(11)10(13)16-8-5-3-6-9(17-5)7(8)12(2)18(6,14)15/h4-9H,3H2,1-2H3. The van der Waals surface area contributed by atoms with Crippen molar-refractivity contribution in [2.75, 3.05) is 7.05 Å². The van der Waals surface area contributed by atoms with Gasteiger partial charge in [-0.2, -0.15) is 4.31 Å². The van der Waals surface area contributed by atoms with Gasteiger partial charge in [0, 0.05) is 17.5 Å². The highest BCUT2D eigenvalue weighted by molar-refractivity contribution is 8.03. The molecule has 0 aromatic rings. The van der Waals surface area contributed by atoms with Crippen LogP contribution in [-0.2, 0) is 19.6 Å². The van der Waals surface area contributed by atoms with Gasteiger partial charge in [0.15, 0.2) is 0 Å². The lowest BCUT2D eigenvalue weighted by atomic mass is 9.92. The van der Waals surface area contributed by atoms with Crippen molar-refractivity contribution >= 4 is 39.4 Å². The molecular formula is C10H14ClNO4S2. The molecule has 0 aliphatic carbocycles. The van der Waals surface area contributed by atoms with Crippen LogP contribution in [0.5, 0.6) is 0 Å². The number of hydrogen-bond donors (Lipinski definition) is 0. The zero-order valence-electron chi connectivity index (χ0n) is 9.95.